The van der Waals surface area contributed by atoms with Crippen molar-refractivity contribution in [3.63, 3.8) is 0 Å². The smallest absolute Gasteiger partial charge is 0.122 e. The van der Waals surface area contributed by atoms with Crippen molar-refractivity contribution in [1.82, 2.24) is 5.32 Å². The van der Waals surface area contributed by atoms with E-state index in [9.17, 15) is 0 Å². The first kappa shape index (κ1) is 13.4. The van der Waals surface area contributed by atoms with Gasteiger partial charge in [0, 0.05) is 13.0 Å². The Morgan fingerprint density at radius 1 is 1.39 bits per heavy atom. The van der Waals surface area contributed by atoms with Crippen LogP contribution in [0, 0.1) is 0 Å². The van der Waals surface area contributed by atoms with E-state index in [1.165, 1.54) is 11.1 Å². The number of benzene rings is 1. The second kappa shape index (κ2) is 6.76. The van der Waals surface area contributed by atoms with Gasteiger partial charge in [-0.2, -0.15) is 0 Å². The summed E-state index contributed by atoms with van der Waals surface area (Å²) >= 11 is 0. The van der Waals surface area contributed by atoms with E-state index in [0.717, 1.165) is 45.0 Å². The Bertz CT molecular complexity index is 379. The van der Waals surface area contributed by atoms with Gasteiger partial charge < -0.3 is 14.8 Å². The first-order valence-electron chi connectivity index (χ1n) is 6.92. The van der Waals surface area contributed by atoms with Crippen LogP contribution >= 0.6 is 0 Å². The Kier molecular flexibility index (Phi) is 5.02. The van der Waals surface area contributed by atoms with E-state index >= 15 is 0 Å². The van der Waals surface area contributed by atoms with Gasteiger partial charge in [-0.05, 0) is 30.2 Å². The average Bonchev–Trinajstić information content (AvgIpc) is 2.85. The molecule has 0 radical (unpaired) electrons. The van der Waals surface area contributed by atoms with Crippen molar-refractivity contribution >= 4 is 0 Å². The first-order chi connectivity index (χ1) is 8.85. The van der Waals surface area contributed by atoms with E-state index in [-0.39, 0.29) is 6.04 Å². The molecule has 1 atom stereocenters. The van der Waals surface area contributed by atoms with Crippen LogP contribution in [-0.4, -0.2) is 26.4 Å². The van der Waals surface area contributed by atoms with E-state index in [2.05, 4.69) is 37.4 Å². The number of likely N-dealkylation sites (N-methyl/N-ethyl adjacent to an activating group) is 1. The Hall–Kier alpha value is -1.06. The van der Waals surface area contributed by atoms with Gasteiger partial charge >= 0.3 is 0 Å². The molecular formula is C15H23NO2. The van der Waals surface area contributed by atoms with Crippen molar-refractivity contribution < 1.29 is 9.47 Å². The van der Waals surface area contributed by atoms with Crippen LogP contribution in [0.15, 0.2) is 18.2 Å². The normalized spacial score (nSPS) is 15.2. The molecule has 0 aromatic heterocycles. The fourth-order valence-electron chi connectivity index (χ4n) is 2.29. The number of hydrogen-bond donors (Lipinski definition) is 1. The molecule has 1 aliphatic heterocycles. The summed E-state index contributed by atoms with van der Waals surface area (Å²) in [5.74, 6) is 1.04. The van der Waals surface area contributed by atoms with Crippen LogP contribution in [0.1, 0.15) is 37.4 Å². The predicted molar refractivity (Wildman–Crippen MR) is 73.2 cm³/mol. The lowest BCUT2D eigenvalue weighted by Gasteiger charge is -2.19. The van der Waals surface area contributed by atoms with Crippen LogP contribution in [-0.2, 0) is 11.2 Å². The van der Waals surface area contributed by atoms with Crippen LogP contribution < -0.4 is 10.1 Å². The lowest BCUT2D eigenvalue weighted by molar-refractivity contribution is 0.112. The highest BCUT2D eigenvalue weighted by molar-refractivity contribution is 5.40. The van der Waals surface area contributed by atoms with E-state index in [0.29, 0.717) is 0 Å². The van der Waals surface area contributed by atoms with E-state index in [1.54, 1.807) is 0 Å². The molecule has 0 amide bonds. The quantitative estimate of drug-likeness (QED) is 0.754. The maximum absolute atomic E-state index is 5.68. The van der Waals surface area contributed by atoms with Crippen LogP contribution in [0.2, 0.25) is 0 Å². The Morgan fingerprint density at radius 3 is 3.06 bits per heavy atom. The van der Waals surface area contributed by atoms with Crippen LogP contribution in [0.3, 0.4) is 0 Å². The zero-order chi connectivity index (χ0) is 12.8. The van der Waals surface area contributed by atoms with Crippen molar-refractivity contribution in [2.24, 2.45) is 0 Å². The van der Waals surface area contributed by atoms with E-state index < -0.39 is 0 Å². The van der Waals surface area contributed by atoms with Gasteiger partial charge in [-0.25, -0.2) is 0 Å². The summed E-state index contributed by atoms with van der Waals surface area (Å²) in [6.07, 6.45) is 2.09. The summed E-state index contributed by atoms with van der Waals surface area (Å²) < 4.78 is 11.2. The SMILES string of the molecule is CCCOCC(NCC)c1ccc2c(c1)CCO2. The molecule has 0 aliphatic carbocycles. The second-order valence-electron chi connectivity index (χ2n) is 4.65. The van der Waals surface area contributed by atoms with E-state index in [4.69, 9.17) is 9.47 Å². The maximum Gasteiger partial charge on any atom is 0.122 e. The summed E-state index contributed by atoms with van der Waals surface area (Å²) in [6, 6.07) is 6.77. The topological polar surface area (TPSA) is 30.5 Å². The molecule has 0 saturated heterocycles. The van der Waals surface area contributed by atoms with Gasteiger partial charge in [0.05, 0.1) is 19.3 Å². The van der Waals surface area contributed by atoms with Crippen molar-refractivity contribution in [2.45, 2.75) is 32.7 Å². The zero-order valence-corrected chi connectivity index (χ0v) is 11.4. The monoisotopic (exact) mass is 249 g/mol. The Balaban J connectivity index is 2.04. The third kappa shape index (κ3) is 3.24. The molecule has 100 valence electrons. The van der Waals surface area contributed by atoms with Gasteiger partial charge in [0.1, 0.15) is 5.75 Å². The Morgan fingerprint density at radius 2 is 2.28 bits per heavy atom. The molecule has 1 aromatic rings. The molecule has 2 rings (SSSR count). The van der Waals surface area contributed by atoms with Crippen molar-refractivity contribution in [3.8, 4) is 5.75 Å². The third-order valence-corrected chi connectivity index (χ3v) is 3.20. The highest BCUT2D eigenvalue weighted by Crippen LogP contribution is 2.28. The van der Waals surface area contributed by atoms with Crippen molar-refractivity contribution in [2.75, 3.05) is 26.4 Å². The molecule has 0 bridgehead atoms. The van der Waals surface area contributed by atoms with Gasteiger partial charge in [0.2, 0.25) is 0 Å². The molecule has 1 unspecified atom stereocenters. The number of ether oxygens (including phenoxy) is 2. The number of nitrogens with one attached hydrogen (secondary N) is 1. The largest absolute Gasteiger partial charge is 0.493 e. The highest BCUT2D eigenvalue weighted by Gasteiger charge is 2.16. The molecule has 18 heavy (non-hydrogen) atoms. The number of rotatable bonds is 7. The lowest BCUT2D eigenvalue weighted by atomic mass is 10.0. The molecule has 3 nitrogen and oxygen atoms in total. The minimum Gasteiger partial charge on any atom is -0.493 e. The average molecular weight is 249 g/mol. The molecule has 1 N–H and O–H groups in total. The van der Waals surface area contributed by atoms with Crippen molar-refractivity contribution in [3.05, 3.63) is 29.3 Å². The van der Waals surface area contributed by atoms with Gasteiger partial charge in [-0.3, -0.25) is 0 Å². The molecule has 0 saturated carbocycles. The van der Waals surface area contributed by atoms with Crippen LogP contribution in [0.5, 0.6) is 5.75 Å². The predicted octanol–water partition coefficient (Wildman–Crippen LogP) is 2.70. The first-order valence-corrected chi connectivity index (χ1v) is 6.92. The highest BCUT2D eigenvalue weighted by atomic mass is 16.5. The van der Waals surface area contributed by atoms with Crippen LogP contribution in [0.25, 0.3) is 0 Å². The maximum atomic E-state index is 5.68. The molecule has 1 aromatic carbocycles. The third-order valence-electron chi connectivity index (χ3n) is 3.20. The summed E-state index contributed by atoms with van der Waals surface area (Å²) in [5, 5.41) is 3.48. The molecule has 0 fully saturated rings. The number of hydrogen-bond acceptors (Lipinski definition) is 3. The van der Waals surface area contributed by atoms with Crippen molar-refractivity contribution in [1.29, 1.82) is 0 Å². The standard InChI is InChI=1S/C15H23NO2/c1-3-8-17-11-14(16-4-2)12-5-6-15-13(10-12)7-9-18-15/h5-6,10,14,16H,3-4,7-9,11H2,1-2H3. The summed E-state index contributed by atoms with van der Waals surface area (Å²) in [7, 11) is 0. The van der Waals surface area contributed by atoms with Crippen LogP contribution in [0.4, 0.5) is 0 Å². The molecule has 1 heterocycles. The molecular weight excluding hydrogens is 226 g/mol. The van der Waals surface area contributed by atoms with Gasteiger partial charge in [-0.15, -0.1) is 0 Å². The summed E-state index contributed by atoms with van der Waals surface area (Å²) in [5.41, 5.74) is 2.63. The van der Waals surface area contributed by atoms with Gasteiger partial charge in [-0.1, -0.05) is 26.0 Å². The molecule has 3 heteroatoms. The Labute approximate surface area is 109 Å². The minimum absolute atomic E-state index is 0.285. The fraction of sp³-hybridized carbons (Fsp3) is 0.600. The molecule has 1 aliphatic rings. The van der Waals surface area contributed by atoms with E-state index in [1.807, 2.05) is 0 Å². The summed E-state index contributed by atoms with van der Waals surface area (Å²) in [4.78, 5) is 0. The second-order valence-corrected chi connectivity index (χ2v) is 4.65. The lowest BCUT2D eigenvalue weighted by Crippen LogP contribution is -2.25. The van der Waals surface area contributed by atoms with Gasteiger partial charge in [0.15, 0.2) is 0 Å². The minimum atomic E-state index is 0.285. The van der Waals surface area contributed by atoms with Gasteiger partial charge in [0.25, 0.3) is 0 Å². The fourth-order valence-corrected chi connectivity index (χ4v) is 2.29. The molecule has 0 spiro atoms. The summed E-state index contributed by atoms with van der Waals surface area (Å²) in [6.45, 7) is 7.60. The number of fused-ring (bicyclic) bond motifs is 1. The zero-order valence-electron chi connectivity index (χ0n) is 11.4.